The highest BCUT2D eigenvalue weighted by molar-refractivity contribution is 9.11. The standard InChI is InChI=1S/C14H18Br3N3O/c1-4-12(8(2)3)19-20-13(21)7-18-14-10(16)5-9(15)6-11(14)17/h5-6,8,18H,4,7H2,1-3H3,(H,20,21). The fourth-order valence-electron chi connectivity index (χ4n) is 1.67. The van der Waals surface area contributed by atoms with Gasteiger partial charge in [-0.2, -0.15) is 5.10 Å². The lowest BCUT2D eigenvalue weighted by Gasteiger charge is -2.11. The van der Waals surface area contributed by atoms with Crippen LogP contribution in [-0.4, -0.2) is 18.2 Å². The molecule has 0 bridgehead atoms. The van der Waals surface area contributed by atoms with Gasteiger partial charge in [0.25, 0.3) is 5.91 Å². The minimum absolute atomic E-state index is 0.150. The summed E-state index contributed by atoms with van der Waals surface area (Å²) in [6.45, 7) is 6.29. The molecule has 116 valence electrons. The number of carbonyl (C=O) groups is 1. The molecule has 21 heavy (non-hydrogen) atoms. The molecule has 0 fully saturated rings. The molecular formula is C14H18Br3N3O. The van der Waals surface area contributed by atoms with Gasteiger partial charge in [0.15, 0.2) is 0 Å². The van der Waals surface area contributed by atoms with Crippen LogP contribution in [0.5, 0.6) is 0 Å². The van der Waals surface area contributed by atoms with E-state index in [-0.39, 0.29) is 12.5 Å². The molecule has 1 aromatic carbocycles. The van der Waals surface area contributed by atoms with E-state index in [4.69, 9.17) is 0 Å². The molecule has 7 heteroatoms. The lowest BCUT2D eigenvalue weighted by atomic mass is 10.1. The number of carbonyl (C=O) groups excluding carboxylic acids is 1. The van der Waals surface area contributed by atoms with E-state index < -0.39 is 0 Å². The molecule has 1 rings (SSSR count). The molecule has 0 spiro atoms. The Morgan fingerprint density at radius 1 is 1.24 bits per heavy atom. The van der Waals surface area contributed by atoms with Gasteiger partial charge in [-0.15, -0.1) is 0 Å². The molecule has 0 aliphatic carbocycles. The lowest BCUT2D eigenvalue weighted by molar-refractivity contribution is -0.119. The topological polar surface area (TPSA) is 53.5 Å². The van der Waals surface area contributed by atoms with Gasteiger partial charge in [-0.05, 0) is 56.3 Å². The maximum absolute atomic E-state index is 11.8. The van der Waals surface area contributed by atoms with Gasteiger partial charge in [0, 0.05) is 19.1 Å². The van der Waals surface area contributed by atoms with Gasteiger partial charge in [0.1, 0.15) is 0 Å². The van der Waals surface area contributed by atoms with E-state index in [1.54, 1.807) is 0 Å². The summed E-state index contributed by atoms with van der Waals surface area (Å²) in [7, 11) is 0. The normalized spacial score (nSPS) is 11.7. The Labute approximate surface area is 150 Å². The predicted molar refractivity (Wildman–Crippen MR) is 98.7 cm³/mol. The van der Waals surface area contributed by atoms with Gasteiger partial charge in [-0.1, -0.05) is 36.7 Å². The molecule has 0 aliphatic heterocycles. The summed E-state index contributed by atoms with van der Waals surface area (Å²) in [4.78, 5) is 11.8. The maximum atomic E-state index is 11.8. The number of hydrogen-bond acceptors (Lipinski definition) is 3. The van der Waals surface area contributed by atoms with Crippen molar-refractivity contribution in [2.75, 3.05) is 11.9 Å². The monoisotopic (exact) mass is 481 g/mol. The molecule has 0 saturated heterocycles. The second kappa shape index (κ2) is 8.90. The highest BCUT2D eigenvalue weighted by atomic mass is 79.9. The quantitative estimate of drug-likeness (QED) is 0.445. The Morgan fingerprint density at radius 3 is 2.29 bits per heavy atom. The first-order valence-corrected chi connectivity index (χ1v) is 8.96. The summed E-state index contributed by atoms with van der Waals surface area (Å²) in [5, 5.41) is 7.24. The number of anilines is 1. The van der Waals surface area contributed by atoms with Crippen LogP contribution in [0.15, 0.2) is 30.7 Å². The van der Waals surface area contributed by atoms with Gasteiger partial charge >= 0.3 is 0 Å². The van der Waals surface area contributed by atoms with E-state index in [0.29, 0.717) is 5.92 Å². The van der Waals surface area contributed by atoms with Crippen molar-refractivity contribution in [3.05, 3.63) is 25.6 Å². The molecule has 0 aromatic heterocycles. The Hall–Kier alpha value is -0.400. The largest absolute Gasteiger partial charge is 0.374 e. The van der Waals surface area contributed by atoms with Crippen LogP contribution in [0.2, 0.25) is 0 Å². The van der Waals surface area contributed by atoms with Crippen LogP contribution in [-0.2, 0) is 4.79 Å². The van der Waals surface area contributed by atoms with Crippen molar-refractivity contribution >= 4 is 65.1 Å². The number of amides is 1. The highest BCUT2D eigenvalue weighted by Gasteiger charge is 2.09. The zero-order chi connectivity index (χ0) is 16.0. The molecule has 0 heterocycles. The molecule has 1 amide bonds. The Bertz CT molecular complexity index is 521. The summed E-state index contributed by atoms with van der Waals surface area (Å²) in [5.41, 5.74) is 4.39. The number of nitrogens with one attached hydrogen (secondary N) is 2. The van der Waals surface area contributed by atoms with Gasteiger partial charge in [-0.25, -0.2) is 5.43 Å². The molecule has 0 radical (unpaired) electrons. The third-order valence-electron chi connectivity index (χ3n) is 2.79. The first kappa shape index (κ1) is 18.6. The molecule has 0 atom stereocenters. The van der Waals surface area contributed by atoms with E-state index in [0.717, 1.165) is 31.2 Å². The number of hydrazone groups is 1. The predicted octanol–water partition coefficient (Wildman–Crippen LogP) is 4.92. The molecule has 4 nitrogen and oxygen atoms in total. The Balaban J connectivity index is 2.62. The van der Waals surface area contributed by atoms with Crippen molar-refractivity contribution in [2.45, 2.75) is 27.2 Å². The van der Waals surface area contributed by atoms with Crippen LogP contribution >= 0.6 is 47.8 Å². The van der Waals surface area contributed by atoms with Crippen LogP contribution in [0.25, 0.3) is 0 Å². The zero-order valence-corrected chi connectivity index (χ0v) is 16.9. The molecule has 0 saturated carbocycles. The minimum Gasteiger partial charge on any atom is -0.374 e. The fraction of sp³-hybridized carbons (Fsp3) is 0.429. The average molecular weight is 484 g/mol. The minimum atomic E-state index is -0.177. The second-order valence-electron chi connectivity index (χ2n) is 4.74. The van der Waals surface area contributed by atoms with Crippen molar-refractivity contribution in [1.82, 2.24) is 5.43 Å². The van der Waals surface area contributed by atoms with E-state index >= 15 is 0 Å². The number of hydrogen-bond donors (Lipinski definition) is 2. The lowest BCUT2D eigenvalue weighted by Crippen LogP contribution is -2.27. The van der Waals surface area contributed by atoms with Crippen LogP contribution in [0, 0.1) is 5.92 Å². The third-order valence-corrected chi connectivity index (χ3v) is 4.49. The smallest absolute Gasteiger partial charge is 0.259 e. The first-order valence-electron chi connectivity index (χ1n) is 6.58. The van der Waals surface area contributed by atoms with Crippen molar-refractivity contribution in [1.29, 1.82) is 0 Å². The van der Waals surface area contributed by atoms with Crippen molar-refractivity contribution < 1.29 is 4.79 Å². The van der Waals surface area contributed by atoms with Crippen LogP contribution in [0.1, 0.15) is 27.2 Å². The Morgan fingerprint density at radius 2 is 1.81 bits per heavy atom. The molecule has 0 unspecified atom stereocenters. The molecule has 1 aromatic rings. The fourth-order valence-corrected chi connectivity index (χ4v) is 4.21. The van der Waals surface area contributed by atoms with E-state index in [1.165, 1.54) is 0 Å². The molecular weight excluding hydrogens is 466 g/mol. The van der Waals surface area contributed by atoms with E-state index in [9.17, 15) is 4.79 Å². The third kappa shape index (κ3) is 6.08. The summed E-state index contributed by atoms with van der Waals surface area (Å²) in [5.74, 6) is 0.154. The SMILES string of the molecule is CCC(=NNC(=O)CNc1c(Br)cc(Br)cc1Br)C(C)C. The van der Waals surface area contributed by atoms with Crippen LogP contribution < -0.4 is 10.7 Å². The highest BCUT2D eigenvalue weighted by Crippen LogP contribution is 2.34. The van der Waals surface area contributed by atoms with Crippen molar-refractivity contribution in [3.63, 3.8) is 0 Å². The Kier molecular flexibility index (Phi) is 7.90. The van der Waals surface area contributed by atoms with Gasteiger partial charge in [-0.3, -0.25) is 4.79 Å². The van der Waals surface area contributed by atoms with Gasteiger partial charge < -0.3 is 5.32 Å². The zero-order valence-electron chi connectivity index (χ0n) is 12.1. The van der Waals surface area contributed by atoms with Crippen LogP contribution in [0.4, 0.5) is 5.69 Å². The summed E-state index contributed by atoms with van der Waals surface area (Å²) in [6.07, 6.45) is 0.829. The van der Waals surface area contributed by atoms with E-state index in [1.807, 2.05) is 19.1 Å². The maximum Gasteiger partial charge on any atom is 0.259 e. The van der Waals surface area contributed by atoms with Gasteiger partial charge in [0.2, 0.25) is 0 Å². The van der Waals surface area contributed by atoms with Crippen molar-refractivity contribution in [2.24, 2.45) is 11.0 Å². The van der Waals surface area contributed by atoms with Gasteiger partial charge in [0.05, 0.1) is 12.2 Å². The number of benzene rings is 1. The van der Waals surface area contributed by atoms with Crippen LogP contribution in [0.3, 0.4) is 0 Å². The van der Waals surface area contributed by atoms with E-state index in [2.05, 4.69) is 77.5 Å². The number of nitrogens with zero attached hydrogens (tertiary/aromatic N) is 1. The summed E-state index contributed by atoms with van der Waals surface area (Å²) >= 11 is 10.3. The summed E-state index contributed by atoms with van der Waals surface area (Å²) < 4.78 is 2.69. The summed E-state index contributed by atoms with van der Waals surface area (Å²) in [6, 6.07) is 3.83. The molecule has 0 aliphatic rings. The molecule has 2 N–H and O–H groups in total. The number of halogens is 3. The first-order chi connectivity index (χ1) is 9.85. The van der Waals surface area contributed by atoms with Crippen molar-refractivity contribution in [3.8, 4) is 0 Å². The number of rotatable bonds is 6. The second-order valence-corrected chi connectivity index (χ2v) is 7.37. The average Bonchev–Trinajstić information content (AvgIpc) is 2.37.